The monoisotopic (exact) mass is 443 g/mol. The van der Waals surface area contributed by atoms with E-state index in [1.165, 1.54) is 28.6 Å². The molecule has 30 heavy (non-hydrogen) atoms. The Labute approximate surface area is 179 Å². The van der Waals surface area contributed by atoms with E-state index in [0.29, 0.717) is 28.9 Å². The van der Waals surface area contributed by atoms with Gasteiger partial charge in [0.05, 0.1) is 4.90 Å². The fraction of sp³-hybridized carbons (Fsp3) is 0.200. The molecule has 0 aliphatic carbocycles. The zero-order chi connectivity index (χ0) is 21.6. The Balaban J connectivity index is 1.67. The average molecular weight is 444 g/mol. The van der Waals surface area contributed by atoms with Crippen LogP contribution >= 0.6 is 11.3 Å². The number of carbonyl (C=O) groups is 1. The van der Waals surface area contributed by atoms with E-state index in [0.717, 1.165) is 16.9 Å². The molecule has 0 saturated carbocycles. The summed E-state index contributed by atoms with van der Waals surface area (Å²) in [5, 5.41) is 11.2. The molecule has 0 saturated heterocycles. The first-order chi connectivity index (χ1) is 14.4. The maximum Gasteiger partial charge on any atom is 0.257 e. The van der Waals surface area contributed by atoms with Gasteiger partial charge in [0.1, 0.15) is 0 Å². The molecule has 8 nitrogen and oxygen atoms in total. The van der Waals surface area contributed by atoms with E-state index < -0.39 is 15.9 Å². The number of rotatable bonds is 8. The second-order valence-corrected chi connectivity index (χ2v) is 9.02. The SMILES string of the molecule is CCN(CC)S(=O)(=O)c1ccc(C(=O)Nc2nnc(/N=C/c3ccccc3)s2)cc1. The van der Waals surface area contributed by atoms with Crippen LogP contribution in [-0.2, 0) is 10.0 Å². The van der Waals surface area contributed by atoms with E-state index in [1.54, 1.807) is 20.1 Å². The van der Waals surface area contributed by atoms with Crippen LogP contribution in [0.25, 0.3) is 0 Å². The van der Waals surface area contributed by atoms with Crippen molar-refractivity contribution in [3.63, 3.8) is 0 Å². The largest absolute Gasteiger partial charge is 0.296 e. The summed E-state index contributed by atoms with van der Waals surface area (Å²) in [6, 6.07) is 15.4. The van der Waals surface area contributed by atoms with Crippen molar-refractivity contribution in [2.75, 3.05) is 18.4 Å². The summed E-state index contributed by atoms with van der Waals surface area (Å²) in [6.45, 7) is 4.33. The number of aliphatic imine (C=N–C) groups is 1. The lowest BCUT2D eigenvalue weighted by Crippen LogP contribution is -2.30. The number of sulfonamides is 1. The Morgan fingerprint density at radius 2 is 1.73 bits per heavy atom. The number of anilines is 1. The van der Waals surface area contributed by atoms with Crippen molar-refractivity contribution >= 4 is 43.7 Å². The number of carbonyl (C=O) groups excluding carboxylic acids is 1. The molecule has 1 aromatic heterocycles. The van der Waals surface area contributed by atoms with Crippen LogP contribution in [0, 0.1) is 0 Å². The van der Waals surface area contributed by atoms with Crippen LogP contribution in [0.15, 0.2) is 64.5 Å². The lowest BCUT2D eigenvalue weighted by atomic mass is 10.2. The molecular weight excluding hydrogens is 422 g/mol. The first kappa shape index (κ1) is 21.8. The minimum atomic E-state index is -3.56. The highest BCUT2D eigenvalue weighted by molar-refractivity contribution is 7.89. The second-order valence-electron chi connectivity index (χ2n) is 6.13. The Morgan fingerprint density at radius 1 is 1.07 bits per heavy atom. The third kappa shape index (κ3) is 5.15. The molecule has 3 aromatic rings. The smallest absolute Gasteiger partial charge is 0.257 e. The van der Waals surface area contributed by atoms with E-state index in [4.69, 9.17) is 0 Å². The van der Waals surface area contributed by atoms with Crippen molar-refractivity contribution in [1.82, 2.24) is 14.5 Å². The highest BCUT2D eigenvalue weighted by atomic mass is 32.2. The summed E-state index contributed by atoms with van der Waals surface area (Å²) in [4.78, 5) is 16.8. The predicted octanol–water partition coefficient (Wildman–Crippen LogP) is 3.57. The molecule has 0 atom stereocenters. The van der Waals surface area contributed by atoms with Gasteiger partial charge in [-0.05, 0) is 29.8 Å². The van der Waals surface area contributed by atoms with Crippen LogP contribution in [0.1, 0.15) is 29.8 Å². The molecular formula is C20H21N5O3S2. The van der Waals surface area contributed by atoms with Gasteiger partial charge in [-0.3, -0.25) is 10.1 Å². The van der Waals surface area contributed by atoms with Crippen molar-refractivity contribution in [3.8, 4) is 0 Å². The van der Waals surface area contributed by atoms with Crippen molar-refractivity contribution in [2.24, 2.45) is 4.99 Å². The highest BCUT2D eigenvalue weighted by Crippen LogP contribution is 2.23. The summed E-state index contributed by atoms with van der Waals surface area (Å²) in [5.74, 6) is -0.406. The van der Waals surface area contributed by atoms with Gasteiger partial charge in [-0.2, -0.15) is 4.31 Å². The number of hydrogen-bond donors (Lipinski definition) is 1. The Morgan fingerprint density at radius 3 is 2.37 bits per heavy atom. The molecule has 3 rings (SSSR count). The van der Waals surface area contributed by atoms with Gasteiger partial charge < -0.3 is 0 Å². The van der Waals surface area contributed by atoms with Crippen LogP contribution < -0.4 is 5.32 Å². The number of hydrogen-bond acceptors (Lipinski definition) is 7. The summed E-state index contributed by atoms with van der Waals surface area (Å²) < 4.78 is 26.4. The first-order valence-electron chi connectivity index (χ1n) is 9.28. The highest BCUT2D eigenvalue weighted by Gasteiger charge is 2.21. The predicted molar refractivity (Wildman–Crippen MR) is 118 cm³/mol. The van der Waals surface area contributed by atoms with Crippen LogP contribution in [0.3, 0.4) is 0 Å². The van der Waals surface area contributed by atoms with E-state index in [2.05, 4.69) is 20.5 Å². The maximum atomic E-state index is 12.5. The fourth-order valence-electron chi connectivity index (χ4n) is 2.65. The molecule has 0 bridgehead atoms. The molecule has 1 heterocycles. The first-order valence-corrected chi connectivity index (χ1v) is 11.5. The van der Waals surface area contributed by atoms with Gasteiger partial charge in [0, 0.05) is 24.9 Å². The van der Waals surface area contributed by atoms with E-state index >= 15 is 0 Å². The minimum Gasteiger partial charge on any atom is -0.296 e. The maximum absolute atomic E-state index is 12.5. The topological polar surface area (TPSA) is 105 Å². The number of amides is 1. The quantitative estimate of drug-likeness (QED) is 0.536. The zero-order valence-electron chi connectivity index (χ0n) is 16.5. The molecule has 0 fully saturated rings. The molecule has 0 radical (unpaired) electrons. The van der Waals surface area contributed by atoms with Crippen molar-refractivity contribution < 1.29 is 13.2 Å². The number of aromatic nitrogens is 2. The summed E-state index contributed by atoms with van der Waals surface area (Å²) >= 11 is 1.14. The number of benzene rings is 2. The van der Waals surface area contributed by atoms with Crippen molar-refractivity contribution in [3.05, 3.63) is 65.7 Å². The van der Waals surface area contributed by atoms with Crippen molar-refractivity contribution in [2.45, 2.75) is 18.7 Å². The fourth-order valence-corrected chi connectivity index (χ4v) is 4.69. The van der Waals surface area contributed by atoms with Gasteiger partial charge >= 0.3 is 0 Å². The van der Waals surface area contributed by atoms with E-state index in [1.807, 2.05) is 30.3 Å². The second kappa shape index (κ2) is 9.70. The van der Waals surface area contributed by atoms with Crippen LogP contribution in [-0.4, -0.2) is 48.1 Å². The van der Waals surface area contributed by atoms with Crippen molar-refractivity contribution in [1.29, 1.82) is 0 Å². The molecule has 1 amide bonds. The summed E-state index contributed by atoms with van der Waals surface area (Å²) in [5.41, 5.74) is 1.25. The molecule has 10 heteroatoms. The lowest BCUT2D eigenvalue weighted by molar-refractivity contribution is 0.102. The lowest BCUT2D eigenvalue weighted by Gasteiger charge is -2.18. The summed E-state index contributed by atoms with van der Waals surface area (Å²) in [6.07, 6.45) is 1.67. The van der Waals surface area contributed by atoms with E-state index in [-0.39, 0.29) is 4.90 Å². The number of nitrogens with one attached hydrogen (secondary N) is 1. The Bertz CT molecular complexity index is 1120. The molecule has 0 aliphatic heterocycles. The number of nitrogens with zero attached hydrogens (tertiary/aromatic N) is 4. The van der Waals surface area contributed by atoms with E-state index in [9.17, 15) is 13.2 Å². The van der Waals surface area contributed by atoms with Gasteiger partial charge in [-0.1, -0.05) is 55.5 Å². The van der Waals surface area contributed by atoms with Crippen LogP contribution in [0.4, 0.5) is 10.3 Å². The zero-order valence-corrected chi connectivity index (χ0v) is 18.2. The molecule has 156 valence electrons. The average Bonchev–Trinajstić information content (AvgIpc) is 3.21. The van der Waals surface area contributed by atoms with Crippen LogP contribution in [0.2, 0.25) is 0 Å². The molecule has 0 unspecified atom stereocenters. The van der Waals surface area contributed by atoms with Gasteiger partial charge in [0.2, 0.25) is 20.3 Å². The Hall–Kier alpha value is -2.95. The molecule has 2 aromatic carbocycles. The normalized spacial score (nSPS) is 11.8. The molecule has 0 aliphatic rings. The molecule has 0 spiro atoms. The van der Waals surface area contributed by atoms with Gasteiger partial charge in [0.15, 0.2) is 0 Å². The summed E-state index contributed by atoms with van der Waals surface area (Å²) in [7, 11) is -3.56. The van der Waals surface area contributed by atoms with Gasteiger partial charge in [-0.15, -0.1) is 10.2 Å². The third-order valence-corrected chi connectivity index (χ3v) is 7.03. The minimum absolute atomic E-state index is 0.149. The van der Waals surface area contributed by atoms with Crippen LogP contribution in [0.5, 0.6) is 0 Å². The Kier molecular flexibility index (Phi) is 7.03. The van der Waals surface area contributed by atoms with Gasteiger partial charge in [0.25, 0.3) is 5.91 Å². The van der Waals surface area contributed by atoms with Gasteiger partial charge in [-0.25, -0.2) is 13.4 Å². The standard InChI is InChI=1S/C20H21N5O3S2/c1-3-25(4-2)30(27,28)17-12-10-16(11-13-17)18(26)22-20-24-23-19(29-20)21-14-15-8-6-5-7-9-15/h5-14H,3-4H2,1-2H3,(H,22,24,26)/b21-14+. The third-order valence-electron chi connectivity index (χ3n) is 4.22. The molecule has 1 N–H and O–H groups in total.